The number of carbonyl (C=O) groups is 1. The maximum Gasteiger partial charge on any atom is 0.337 e. The highest BCUT2D eigenvalue weighted by Gasteiger charge is 2.19. The number of nitrogens with one attached hydrogen (secondary N) is 1. The summed E-state index contributed by atoms with van der Waals surface area (Å²) in [7, 11) is 1.36. The monoisotopic (exact) mass is 390 g/mol. The topological polar surface area (TPSA) is 83.5 Å². The molecule has 0 aliphatic carbocycles. The van der Waals surface area contributed by atoms with Gasteiger partial charge in [-0.25, -0.2) is 4.79 Å². The van der Waals surface area contributed by atoms with Crippen LogP contribution < -0.4 is 15.1 Å². The lowest BCUT2D eigenvalue weighted by Crippen LogP contribution is -2.47. The molecule has 0 amide bonds. The maximum absolute atomic E-state index is 11.5. The molecule has 1 saturated heterocycles. The van der Waals surface area contributed by atoms with Crippen LogP contribution in [0.15, 0.2) is 60.8 Å². The minimum atomic E-state index is -0.364. The van der Waals surface area contributed by atoms with Crippen molar-refractivity contribution in [3.05, 3.63) is 66.4 Å². The highest BCUT2D eigenvalue weighted by molar-refractivity contribution is 5.89. The smallest absolute Gasteiger partial charge is 0.337 e. The molecule has 4 rings (SSSR count). The van der Waals surface area contributed by atoms with Crippen molar-refractivity contribution >= 4 is 29.1 Å². The standard InChI is InChI=1S/C21H22N6O2/c1-29-20(28)16-7-9-17(10-8-16)23-19-15-22-25-21(24-19)27-13-11-26(12-14-27)18-5-3-2-4-6-18/h2-10,15H,11-14H2,1H3,(H,23,24,25). The number of methoxy groups -OCH3 is 1. The van der Waals surface area contributed by atoms with Gasteiger partial charge < -0.3 is 19.9 Å². The molecule has 1 fully saturated rings. The van der Waals surface area contributed by atoms with E-state index in [4.69, 9.17) is 4.74 Å². The third-order valence-corrected chi connectivity index (χ3v) is 4.81. The van der Waals surface area contributed by atoms with Gasteiger partial charge in [0.1, 0.15) is 0 Å². The number of rotatable bonds is 5. The van der Waals surface area contributed by atoms with E-state index in [-0.39, 0.29) is 5.97 Å². The van der Waals surface area contributed by atoms with Gasteiger partial charge in [-0.2, -0.15) is 10.1 Å². The van der Waals surface area contributed by atoms with Gasteiger partial charge in [0.05, 0.1) is 18.9 Å². The minimum absolute atomic E-state index is 0.364. The van der Waals surface area contributed by atoms with Crippen LogP contribution in [0.3, 0.4) is 0 Å². The van der Waals surface area contributed by atoms with Crippen LogP contribution in [0.25, 0.3) is 0 Å². The highest BCUT2D eigenvalue weighted by atomic mass is 16.5. The molecule has 148 valence electrons. The van der Waals surface area contributed by atoms with Crippen LogP contribution in [0.5, 0.6) is 0 Å². The van der Waals surface area contributed by atoms with Crippen molar-refractivity contribution in [2.24, 2.45) is 0 Å². The van der Waals surface area contributed by atoms with Gasteiger partial charge in [-0.3, -0.25) is 0 Å². The van der Waals surface area contributed by atoms with Gasteiger partial charge >= 0.3 is 5.97 Å². The molecule has 0 atom stereocenters. The minimum Gasteiger partial charge on any atom is -0.465 e. The van der Waals surface area contributed by atoms with Crippen LogP contribution >= 0.6 is 0 Å². The molecule has 1 N–H and O–H groups in total. The van der Waals surface area contributed by atoms with Gasteiger partial charge in [0.15, 0.2) is 5.82 Å². The molecule has 0 radical (unpaired) electrons. The second-order valence-corrected chi connectivity index (χ2v) is 6.65. The maximum atomic E-state index is 11.5. The fourth-order valence-corrected chi connectivity index (χ4v) is 3.25. The van der Waals surface area contributed by atoms with Crippen molar-refractivity contribution in [1.82, 2.24) is 15.2 Å². The number of aromatic nitrogens is 3. The quantitative estimate of drug-likeness (QED) is 0.666. The first-order valence-corrected chi connectivity index (χ1v) is 9.43. The van der Waals surface area contributed by atoms with Crippen LogP contribution in [0.2, 0.25) is 0 Å². The first-order chi connectivity index (χ1) is 14.2. The second-order valence-electron chi connectivity index (χ2n) is 6.65. The van der Waals surface area contributed by atoms with E-state index < -0.39 is 0 Å². The Kier molecular flexibility index (Phi) is 5.51. The average molecular weight is 390 g/mol. The van der Waals surface area contributed by atoms with Crippen molar-refractivity contribution in [3.63, 3.8) is 0 Å². The zero-order valence-electron chi connectivity index (χ0n) is 16.2. The lowest BCUT2D eigenvalue weighted by Gasteiger charge is -2.35. The van der Waals surface area contributed by atoms with Gasteiger partial charge in [0, 0.05) is 37.6 Å². The molecule has 2 heterocycles. The Morgan fingerprint density at radius 2 is 1.66 bits per heavy atom. The van der Waals surface area contributed by atoms with E-state index in [9.17, 15) is 4.79 Å². The van der Waals surface area contributed by atoms with Crippen LogP contribution in [-0.4, -0.2) is 54.4 Å². The normalized spacial score (nSPS) is 13.8. The Morgan fingerprint density at radius 1 is 0.966 bits per heavy atom. The SMILES string of the molecule is COC(=O)c1ccc(Nc2cnnc(N3CCN(c4ccccc4)CC3)n2)cc1. The number of para-hydroxylation sites is 1. The van der Waals surface area contributed by atoms with Crippen molar-refractivity contribution in [2.45, 2.75) is 0 Å². The molecule has 1 aliphatic rings. The molecular weight excluding hydrogens is 368 g/mol. The van der Waals surface area contributed by atoms with Crippen molar-refractivity contribution in [2.75, 3.05) is 48.4 Å². The van der Waals surface area contributed by atoms with Gasteiger partial charge in [0.25, 0.3) is 0 Å². The number of esters is 1. The molecule has 0 bridgehead atoms. The summed E-state index contributed by atoms with van der Waals surface area (Å²) in [6, 6.07) is 17.4. The Labute approximate surface area is 169 Å². The molecule has 0 unspecified atom stereocenters. The van der Waals surface area contributed by atoms with E-state index in [1.54, 1.807) is 30.5 Å². The molecule has 0 spiro atoms. The predicted molar refractivity (Wildman–Crippen MR) is 112 cm³/mol. The number of carbonyl (C=O) groups excluding carboxylic acids is 1. The summed E-state index contributed by atoms with van der Waals surface area (Å²) in [6.45, 7) is 3.46. The van der Waals surface area contributed by atoms with E-state index in [0.717, 1.165) is 31.9 Å². The number of anilines is 4. The summed E-state index contributed by atoms with van der Waals surface area (Å²) in [5.41, 5.74) is 2.53. The fourth-order valence-electron chi connectivity index (χ4n) is 3.25. The van der Waals surface area contributed by atoms with Gasteiger partial charge in [-0.15, -0.1) is 5.10 Å². The van der Waals surface area contributed by atoms with Crippen molar-refractivity contribution in [1.29, 1.82) is 0 Å². The summed E-state index contributed by atoms with van der Waals surface area (Å²) in [5.74, 6) is 0.845. The average Bonchev–Trinajstić information content (AvgIpc) is 2.80. The molecule has 1 aromatic heterocycles. The van der Waals surface area contributed by atoms with E-state index in [2.05, 4.69) is 54.6 Å². The molecule has 8 nitrogen and oxygen atoms in total. The number of benzene rings is 2. The Bertz CT molecular complexity index is 956. The Hall–Kier alpha value is -3.68. The molecule has 0 saturated carbocycles. The lowest BCUT2D eigenvalue weighted by molar-refractivity contribution is 0.0601. The largest absolute Gasteiger partial charge is 0.465 e. The molecule has 29 heavy (non-hydrogen) atoms. The van der Waals surface area contributed by atoms with Gasteiger partial charge in [0.2, 0.25) is 5.95 Å². The number of hydrogen-bond donors (Lipinski definition) is 1. The van der Waals surface area contributed by atoms with E-state index in [1.165, 1.54) is 12.8 Å². The van der Waals surface area contributed by atoms with Crippen LogP contribution in [-0.2, 0) is 4.74 Å². The summed E-state index contributed by atoms with van der Waals surface area (Å²) in [4.78, 5) is 20.6. The molecule has 1 aliphatic heterocycles. The van der Waals surface area contributed by atoms with E-state index in [0.29, 0.717) is 17.3 Å². The third kappa shape index (κ3) is 4.43. The summed E-state index contributed by atoms with van der Waals surface area (Å²) >= 11 is 0. The fraction of sp³-hybridized carbons (Fsp3) is 0.238. The third-order valence-electron chi connectivity index (χ3n) is 4.81. The van der Waals surface area contributed by atoms with E-state index in [1.807, 2.05) is 6.07 Å². The second kappa shape index (κ2) is 8.55. The van der Waals surface area contributed by atoms with Gasteiger partial charge in [-0.1, -0.05) is 18.2 Å². The number of piperazine rings is 1. The number of hydrogen-bond acceptors (Lipinski definition) is 8. The van der Waals surface area contributed by atoms with E-state index >= 15 is 0 Å². The van der Waals surface area contributed by atoms with Gasteiger partial charge in [-0.05, 0) is 36.4 Å². The summed E-state index contributed by atoms with van der Waals surface area (Å²) < 4.78 is 4.71. The zero-order valence-corrected chi connectivity index (χ0v) is 16.2. The predicted octanol–water partition coefficient (Wildman–Crippen LogP) is 2.73. The zero-order chi connectivity index (χ0) is 20.1. The van der Waals surface area contributed by atoms with Crippen molar-refractivity contribution in [3.8, 4) is 0 Å². The van der Waals surface area contributed by atoms with Crippen molar-refractivity contribution < 1.29 is 9.53 Å². The summed E-state index contributed by atoms with van der Waals surface area (Å²) in [6.07, 6.45) is 1.58. The first-order valence-electron chi connectivity index (χ1n) is 9.43. The lowest BCUT2D eigenvalue weighted by atomic mass is 10.2. The molecule has 3 aromatic rings. The highest BCUT2D eigenvalue weighted by Crippen LogP contribution is 2.20. The first kappa shape index (κ1) is 18.7. The molecular formula is C21H22N6O2. The van der Waals surface area contributed by atoms with Crippen LogP contribution in [0.4, 0.5) is 23.1 Å². The molecule has 8 heteroatoms. The number of nitrogens with zero attached hydrogens (tertiary/aromatic N) is 5. The molecule has 2 aromatic carbocycles. The number of ether oxygens (including phenoxy) is 1. The Morgan fingerprint density at radius 3 is 2.34 bits per heavy atom. The summed E-state index contributed by atoms with van der Waals surface area (Å²) in [5, 5.41) is 11.5. The van der Waals surface area contributed by atoms with Crippen LogP contribution in [0.1, 0.15) is 10.4 Å². The van der Waals surface area contributed by atoms with Crippen LogP contribution in [0, 0.1) is 0 Å². The Balaban J connectivity index is 1.39.